The van der Waals surface area contributed by atoms with Crippen molar-refractivity contribution in [1.29, 1.82) is 0 Å². The molecule has 7 nitrogen and oxygen atoms in total. The number of pyridine rings is 1. The molecule has 0 fully saturated rings. The molecule has 1 heterocycles. The molecular weight excluding hydrogens is 280 g/mol. The molecular formula is C12H10N4O3S. The van der Waals surface area contributed by atoms with Crippen LogP contribution in [0.25, 0.3) is 0 Å². The lowest BCUT2D eigenvalue weighted by atomic mass is 10.3. The van der Waals surface area contributed by atoms with Crippen LogP contribution in [-0.4, -0.2) is 24.7 Å². The minimum absolute atomic E-state index is 0.0513. The average molecular weight is 290 g/mol. The van der Waals surface area contributed by atoms with Gasteiger partial charge >= 0.3 is 0 Å². The van der Waals surface area contributed by atoms with Gasteiger partial charge in [0.25, 0.3) is 10.1 Å². The Kier molecular flexibility index (Phi) is 3.97. The second-order valence-electron chi connectivity index (χ2n) is 3.69. The molecule has 8 heteroatoms. The van der Waals surface area contributed by atoms with Crippen LogP contribution in [0.4, 0.5) is 17.1 Å². The maximum Gasteiger partial charge on any atom is 0.296 e. The van der Waals surface area contributed by atoms with Gasteiger partial charge in [-0.15, -0.1) is 0 Å². The first-order valence-corrected chi connectivity index (χ1v) is 6.85. The average Bonchev–Trinajstić information content (AvgIpc) is 2.45. The summed E-state index contributed by atoms with van der Waals surface area (Å²) in [5.74, 6) is 0. The van der Waals surface area contributed by atoms with E-state index in [1.165, 1.54) is 18.2 Å². The Hall–Kier alpha value is -2.45. The van der Waals surface area contributed by atoms with Crippen molar-refractivity contribution < 1.29 is 13.0 Å². The first kappa shape index (κ1) is 14.0. The number of aliphatic imine (C=N–C) groups is 1. The van der Waals surface area contributed by atoms with Crippen LogP contribution in [0.15, 0.2) is 62.8 Å². The molecule has 0 aliphatic heterocycles. The molecule has 0 aliphatic carbocycles. The van der Waals surface area contributed by atoms with Gasteiger partial charge in [-0.25, -0.2) is 0 Å². The van der Waals surface area contributed by atoms with Crippen LogP contribution in [-0.2, 0) is 10.1 Å². The fourth-order valence-corrected chi connectivity index (χ4v) is 2.09. The van der Waals surface area contributed by atoms with Gasteiger partial charge in [0.05, 0.1) is 17.1 Å². The van der Waals surface area contributed by atoms with E-state index in [0.717, 1.165) is 0 Å². The van der Waals surface area contributed by atoms with Gasteiger partial charge in [0.15, 0.2) is 0 Å². The summed E-state index contributed by atoms with van der Waals surface area (Å²) in [6.07, 6.45) is 3.12. The maximum absolute atomic E-state index is 11.2. The third-order valence-corrected chi connectivity index (χ3v) is 3.22. The van der Waals surface area contributed by atoms with Crippen LogP contribution in [0.3, 0.4) is 0 Å². The van der Waals surface area contributed by atoms with Crippen molar-refractivity contribution in [1.82, 2.24) is 4.98 Å². The van der Waals surface area contributed by atoms with Crippen LogP contribution in [0, 0.1) is 0 Å². The number of nitrogens with zero attached hydrogens (tertiary/aromatic N) is 4. The van der Waals surface area contributed by atoms with Crippen LogP contribution in [0.2, 0.25) is 0 Å². The molecule has 1 N–H and O–H groups in total. The minimum Gasteiger partial charge on any atom is -0.282 e. The fourth-order valence-electron chi connectivity index (χ4n) is 1.43. The van der Waals surface area contributed by atoms with Gasteiger partial charge < -0.3 is 0 Å². The van der Waals surface area contributed by atoms with Crippen molar-refractivity contribution in [2.45, 2.75) is 4.90 Å². The van der Waals surface area contributed by atoms with Crippen molar-refractivity contribution in [3.05, 3.63) is 42.7 Å². The van der Waals surface area contributed by atoms with Crippen molar-refractivity contribution in [2.24, 2.45) is 15.2 Å². The van der Waals surface area contributed by atoms with Gasteiger partial charge in [-0.3, -0.25) is 14.5 Å². The van der Waals surface area contributed by atoms with Gasteiger partial charge in [-0.2, -0.15) is 18.6 Å². The Balaban J connectivity index is 2.40. The first-order valence-electron chi connectivity index (χ1n) is 5.41. The van der Waals surface area contributed by atoms with Crippen LogP contribution < -0.4 is 0 Å². The molecule has 0 atom stereocenters. The highest BCUT2D eigenvalue weighted by Gasteiger charge is 2.15. The largest absolute Gasteiger partial charge is 0.296 e. The van der Waals surface area contributed by atoms with Crippen LogP contribution in [0.1, 0.15) is 0 Å². The van der Waals surface area contributed by atoms with Crippen molar-refractivity contribution in [2.75, 3.05) is 0 Å². The number of rotatable bonds is 4. The van der Waals surface area contributed by atoms with Crippen molar-refractivity contribution in [3.63, 3.8) is 0 Å². The highest BCUT2D eigenvalue weighted by Crippen LogP contribution is 2.29. The second-order valence-corrected chi connectivity index (χ2v) is 5.08. The summed E-state index contributed by atoms with van der Waals surface area (Å²) in [5, 5.41) is 7.80. The molecule has 20 heavy (non-hydrogen) atoms. The standard InChI is InChI=1S/C12H10N4O3S/c1-13-11-3-2-10(8-12(11)20(17,18)19)16-15-9-4-6-14-7-5-9/h2-8H,1H2,(H,17,18,19). The van der Waals surface area contributed by atoms with E-state index in [0.29, 0.717) is 5.69 Å². The third-order valence-electron chi connectivity index (χ3n) is 2.34. The number of hydrogen-bond acceptors (Lipinski definition) is 6. The van der Waals surface area contributed by atoms with E-state index >= 15 is 0 Å². The molecule has 0 unspecified atom stereocenters. The predicted molar refractivity (Wildman–Crippen MR) is 73.9 cm³/mol. The van der Waals surface area contributed by atoms with Crippen LogP contribution in [0.5, 0.6) is 0 Å². The smallest absolute Gasteiger partial charge is 0.282 e. The summed E-state index contributed by atoms with van der Waals surface area (Å²) in [5.41, 5.74) is 0.886. The monoisotopic (exact) mass is 290 g/mol. The topological polar surface area (TPSA) is 104 Å². The van der Waals surface area contributed by atoms with E-state index in [4.69, 9.17) is 4.55 Å². The summed E-state index contributed by atoms with van der Waals surface area (Å²) in [7, 11) is -4.40. The number of azo groups is 1. The molecule has 102 valence electrons. The first-order chi connectivity index (χ1) is 9.50. The molecule has 0 aliphatic rings. The number of aromatic nitrogens is 1. The highest BCUT2D eigenvalue weighted by molar-refractivity contribution is 7.86. The van der Waals surface area contributed by atoms with E-state index in [9.17, 15) is 8.42 Å². The third kappa shape index (κ3) is 3.31. The Morgan fingerprint density at radius 2 is 1.70 bits per heavy atom. The highest BCUT2D eigenvalue weighted by atomic mass is 32.2. The minimum atomic E-state index is -4.40. The molecule has 0 saturated carbocycles. The number of benzene rings is 1. The van der Waals surface area contributed by atoms with Gasteiger partial charge in [-0.05, 0) is 37.0 Å². The van der Waals surface area contributed by atoms with Gasteiger partial charge in [0.2, 0.25) is 0 Å². The lowest BCUT2D eigenvalue weighted by Crippen LogP contribution is -1.97. The number of hydrogen-bond donors (Lipinski definition) is 1. The molecule has 2 rings (SSSR count). The maximum atomic E-state index is 11.2. The predicted octanol–water partition coefficient (Wildman–Crippen LogP) is 3.08. The van der Waals surface area contributed by atoms with Gasteiger partial charge in [-0.1, -0.05) is 0 Å². The van der Waals surface area contributed by atoms with Crippen molar-refractivity contribution in [3.8, 4) is 0 Å². The molecule has 1 aromatic heterocycles. The molecule has 0 radical (unpaired) electrons. The SMILES string of the molecule is C=Nc1ccc(N=Nc2ccncc2)cc1S(=O)(=O)O. The van der Waals surface area contributed by atoms with Gasteiger partial charge in [0.1, 0.15) is 4.90 Å². The van der Waals surface area contributed by atoms with Crippen LogP contribution >= 0.6 is 0 Å². The lowest BCUT2D eigenvalue weighted by Gasteiger charge is -2.02. The summed E-state index contributed by atoms with van der Waals surface area (Å²) in [6, 6.07) is 7.37. The molecule has 1 aromatic carbocycles. The van der Waals surface area contributed by atoms with Gasteiger partial charge in [0, 0.05) is 12.4 Å². The molecule has 0 saturated heterocycles. The Morgan fingerprint density at radius 3 is 2.30 bits per heavy atom. The quantitative estimate of drug-likeness (QED) is 0.530. The Labute approximate surface area is 115 Å². The summed E-state index contributed by atoms with van der Waals surface area (Å²) < 4.78 is 31.6. The molecule has 0 amide bonds. The molecule has 0 spiro atoms. The lowest BCUT2D eigenvalue weighted by molar-refractivity contribution is 0.483. The van der Waals surface area contributed by atoms with E-state index in [-0.39, 0.29) is 16.3 Å². The normalized spacial score (nSPS) is 11.7. The fraction of sp³-hybridized carbons (Fsp3) is 0. The summed E-state index contributed by atoms with van der Waals surface area (Å²) in [6.45, 7) is 3.24. The zero-order valence-corrected chi connectivity index (χ0v) is 11.0. The van der Waals surface area contributed by atoms with E-state index in [1.54, 1.807) is 24.5 Å². The zero-order valence-electron chi connectivity index (χ0n) is 10.2. The van der Waals surface area contributed by atoms with Crippen molar-refractivity contribution >= 4 is 33.9 Å². The van der Waals surface area contributed by atoms with E-state index < -0.39 is 10.1 Å². The summed E-state index contributed by atoms with van der Waals surface area (Å²) >= 11 is 0. The Bertz CT molecular complexity index is 758. The summed E-state index contributed by atoms with van der Waals surface area (Å²) in [4.78, 5) is 7.00. The van der Waals surface area contributed by atoms with E-state index in [2.05, 4.69) is 26.9 Å². The molecule has 2 aromatic rings. The Morgan fingerprint density at radius 1 is 1.05 bits per heavy atom. The second kappa shape index (κ2) is 5.68. The zero-order chi connectivity index (χ0) is 14.6. The van der Waals surface area contributed by atoms with E-state index in [1.807, 2.05) is 0 Å². The molecule has 0 bridgehead atoms.